The summed E-state index contributed by atoms with van der Waals surface area (Å²) in [6, 6.07) is 1.84. The van der Waals surface area contributed by atoms with E-state index in [1.54, 1.807) is 0 Å². The second-order valence-electron chi connectivity index (χ2n) is 3.54. The molecular weight excluding hydrogens is 305 g/mol. The molecule has 0 aromatic carbocycles. The molecule has 2 N–H and O–H groups in total. The molecule has 0 fully saturated rings. The summed E-state index contributed by atoms with van der Waals surface area (Å²) in [6.07, 6.45) is 2.86. The van der Waals surface area contributed by atoms with Gasteiger partial charge < -0.3 is 15.2 Å². The number of aryl methyl sites for hydroxylation is 1. The monoisotopic (exact) mass is 323 g/mol. The summed E-state index contributed by atoms with van der Waals surface area (Å²) < 4.78 is 2.87. The van der Waals surface area contributed by atoms with Gasteiger partial charge in [-0.05, 0) is 48.9 Å². The predicted molar refractivity (Wildman–Crippen MR) is 75.9 cm³/mol. The molecule has 1 aromatic heterocycles. The summed E-state index contributed by atoms with van der Waals surface area (Å²) in [5.74, 6) is -0.0105. The van der Waals surface area contributed by atoms with Crippen molar-refractivity contribution in [3.8, 4) is 0 Å². The fraction of sp³-hybridized carbons (Fsp3) is 0.545. The second-order valence-corrected chi connectivity index (χ2v) is 4.46. The van der Waals surface area contributed by atoms with Gasteiger partial charge in [0.15, 0.2) is 0 Å². The van der Waals surface area contributed by atoms with Gasteiger partial charge in [0.25, 0.3) is 5.91 Å². The third kappa shape index (κ3) is 5.10. The van der Waals surface area contributed by atoms with Crippen LogP contribution in [-0.4, -0.2) is 30.6 Å². The Hall–Kier alpha value is -0.520. The van der Waals surface area contributed by atoms with Crippen molar-refractivity contribution in [3.63, 3.8) is 0 Å². The predicted octanol–water partition coefficient (Wildman–Crippen LogP) is 2.03. The van der Waals surface area contributed by atoms with Crippen molar-refractivity contribution in [2.24, 2.45) is 0 Å². The van der Waals surface area contributed by atoms with Crippen LogP contribution >= 0.6 is 28.3 Å². The van der Waals surface area contributed by atoms with Crippen LogP contribution in [0.3, 0.4) is 0 Å². The largest absolute Gasteiger partial charge is 0.351 e. The number of carbonyl (C=O) groups is 1. The van der Waals surface area contributed by atoms with E-state index in [2.05, 4.69) is 26.6 Å². The fourth-order valence-corrected chi connectivity index (χ4v) is 1.95. The number of rotatable bonds is 6. The Morgan fingerprint density at radius 1 is 1.47 bits per heavy atom. The Bertz CT molecular complexity index is 354. The Balaban J connectivity index is 0.00000256. The molecule has 1 amide bonds. The molecule has 0 radical (unpaired) electrons. The first-order valence-corrected chi connectivity index (χ1v) is 6.26. The lowest BCUT2D eigenvalue weighted by Gasteiger charge is -2.07. The highest BCUT2D eigenvalue weighted by Gasteiger charge is 2.11. The average Bonchev–Trinajstić information content (AvgIpc) is 2.65. The van der Waals surface area contributed by atoms with Crippen molar-refractivity contribution in [2.75, 3.05) is 20.1 Å². The van der Waals surface area contributed by atoms with Crippen molar-refractivity contribution >= 4 is 34.2 Å². The van der Waals surface area contributed by atoms with Gasteiger partial charge >= 0.3 is 0 Å². The van der Waals surface area contributed by atoms with E-state index >= 15 is 0 Å². The number of carbonyl (C=O) groups excluding carboxylic acids is 1. The summed E-state index contributed by atoms with van der Waals surface area (Å²) in [5.41, 5.74) is 0.707. The Labute approximate surface area is 117 Å². The maximum absolute atomic E-state index is 11.8. The lowest BCUT2D eigenvalue weighted by Crippen LogP contribution is -2.28. The fourth-order valence-electron chi connectivity index (χ4n) is 1.48. The molecule has 98 valence electrons. The van der Waals surface area contributed by atoms with Gasteiger partial charge in [0.1, 0.15) is 5.69 Å². The number of nitrogens with one attached hydrogen (secondary N) is 2. The molecule has 0 saturated heterocycles. The van der Waals surface area contributed by atoms with Crippen LogP contribution in [0.25, 0.3) is 0 Å². The van der Waals surface area contributed by atoms with Crippen LogP contribution in [0.4, 0.5) is 0 Å². The minimum atomic E-state index is -0.0105. The van der Waals surface area contributed by atoms with Crippen molar-refractivity contribution in [1.82, 2.24) is 15.2 Å². The first-order valence-electron chi connectivity index (χ1n) is 5.47. The van der Waals surface area contributed by atoms with E-state index in [0.29, 0.717) is 12.2 Å². The maximum Gasteiger partial charge on any atom is 0.267 e. The SMILES string of the molecule is CCn1cc(Br)cc1C(=O)NCCCNC.Cl. The third-order valence-corrected chi connectivity index (χ3v) is 2.76. The zero-order chi connectivity index (χ0) is 12.0. The van der Waals surface area contributed by atoms with Crippen molar-refractivity contribution < 1.29 is 4.79 Å². The number of hydrogen-bond acceptors (Lipinski definition) is 2. The zero-order valence-corrected chi connectivity index (χ0v) is 12.5. The number of nitrogens with zero attached hydrogens (tertiary/aromatic N) is 1. The molecule has 0 aliphatic carbocycles. The van der Waals surface area contributed by atoms with Gasteiger partial charge in [0.05, 0.1) is 0 Å². The smallest absolute Gasteiger partial charge is 0.267 e. The van der Waals surface area contributed by atoms with Gasteiger partial charge in [-0.3, -0.25) is 4.79 Å². The molecule has 4 nitrogen and oxygen atoms in total. The lowest BCUT2D eigenvalue weighted by atomic mass is 10.3. The number of aromatic nitrogens is 1. The van der Waals surface area contributed by atoms with Gasteiger partial charge in [0, 0.05) is 23.8 Å². The molecule has 0 spiro atoms. The van der Waals surface area contributed by atoms with E-state index in [0.717, 1.165) is 24.0 Å². The number of hydrogen-bond donors (Lipinski definition) is 2. The molecule has 17 heavy (non-hydrogen) atoms. The molecular formula is C11H19BrClN3O. The quantitative estimate of drug-likeness (QED) is 0.787. The Kier molecular flexibility index (Phi) is 8.29. The lowest BCUT2D eigenvalue weighted by molar-refractivity contribution is 0.0944. The van der Waals surface area contributed by atoms with Crippen LogP contribution in [-0.2, 0) is 6.54 Å². The highest BCUT2D eigenvalue weighted by Crippen LogP contribution is 2.14. The van der Waals surface area contributed by atoms with E-state index in [-0.39, 0.29) is 18.3 Å². The van der Waals surface area contributed by atoms with E-state index in [9.17, 15) is 4.79 Å². The van der Waals surface area contributed by atoms with Gasteiger partial charge in [0.2, 0.25) is 0 Å². The standard InChI is InChI=1S/C11H18BrN3O.ClH/c1-3-15-8-9(12)7-10(15)11(16)14-6-4-5-13-2;/h7-8,13H,3-6H2,1-2H3,(H,14,16);1H. The van der Waals surface area contributed by atoms with Crippen LogP contribution in [0.2, 0.25) is 0 Å². The molecule has 1 rings (SSSR count). The Morgan fingerprint density at radius 2 is 2.18 bits per heavy atom. The van der Waals surface area contributed by atoms with Crippen LogP contribution < -0.4 is 10.6 Å². The van der Waals surface area contributed by atoms with Crippen molar-refractivity contribution in [1.29, 1.82) is 0 Å². The molecule has 0 saturated carbocycles. The summed E-state index contributed by atoms with van der Waals surface area (Å²) in [7, 11) is 1.90. The number of amides is 1. The summed E-state index contributed by atoms with van der Waals surface area (Å²) >= 11 is 3.37. The molecule has 1 heterocycles. The average molecular weight is 325 g/mol. The first kappa shape index (κ1) is 16.5. The molecule has 0 atom stereocenters. The Morgan fingerprint density at radius 3 is 2.76 bits per heavy atom. The molecule has 6 heteroatoms. The molecule has 0 aliphatic rings. The van der Waals surface area contributed by atoms with E-state index in [1.807, 2.05) is 30.8 Å². The van der Waals surface area contributed by atoms with Crippen LogP contribution in [0, 0.1) is 0 Å². The van der Waals surface area contributed by atoms with Gasteiger partial charge in [-0.1, -0.05) is 0 Å². The third-order valence-electron chi connectivity index (χ3n) is 2.33. The van der Waals surface area contributed by atoms with Gasteiger partial charge in [-0.15, -0.1) is 12.4 Å². The molecule has 0 aliphatic heterocycles. The topological polar surface area (TPSA) is 46.1 Å². The van der Waals surface area contributed by atoms with Gasteiger partial charge in [-0.2, -0.15) is 0 Å². The van der Waals surface area contributed by atoms with Crippen LogP contribution in [0.5, 0.6) is 0 Å². The van der Waals surface area contributed by atoms with Crippen molar-refractivity contribution in [3.05, 3.63) is 22.4 Å². The molecule has 0 bridgehead atoms. The van der Waals surface area contributed by atoms with E-state index in [4.69, 9.17) is 0 Å². The van der Waals surface area contributed by atoms with Gasteiger partial charge in [-0.25, -0.2) is 0 Å². The van der Waals surface area contributed by atoms with E-state index < -0.39 is 0 Å². The normalized spacial score (nSPS) is 9.82. The maximum atomic E-state index is 11.8. The summed E-state index contributed by atoms with van der Waals surface area (Å²) in [4.78, 5) is 11.8. The second kappa shape index (κ2) is 8.55. The first-order chi connectivity index (χ1) is 7.69. The summed E-state index contributed by atoms with van der Waals surface area (Å²) in [5, 5.41) is 5.95. The minimum absolute atomic E-state index is 0. The van der Waals surface area contributed by atoms with Crippen LogP contribution in [0.1, 0.15) is 23.8 Å². The van der Waals surface area contributed by atoms with Crippen LogP contribution in [0.15, 0.2) is 16.7 Å². The zero-order valence-electron chi connectivity index (χ0n) is 10.1. The minimum Gasteiger partial charge on any atom is -0.351 e. The summed E-state index contributed by atoms with van der Waals surface area (Å²) in [6.45, 7) is 4.43. The highest BCUT2D eigenvalue weighted by atomic mass is 79.9. The molecule has 1 aromatic rings. The van der Waals surface area contributed by atoms with Crippen molar-refractivity contribution in [2.45, 2.75) is 19.9 Å². The number of halogens is 2. The highest BCUT2D eigenvalue weighted by molar-refractivity contribution is 9.10. The van der Waals surface area contributed by atoms with E-state index in [1.165, 1.54) is 0 Å². The molecule has 0 unspecified atom stereocenters.